The molecule has 3 N–H and O–H groups in total. The topological polar surface area (TPSA) is 78.4 Å². The van der Waals surface area contributed by atoms with E-state index in [-0.39, 0.29) is 18.2 Å². The highest BCUT2D eigenvalue weighted by Gasteiger charge is 2.23. The third-order valence-electron chi connectivity index (χ3n) is 3.39. The van der Waals surface area contributed by atoms with Crippen LogP contribution in [0.2, 0.25) is 0 Å². The molecule has 1 saturated carbocycles. The number of hydrogen-bond acceptors (Lipinski definition) is 3. The summed E-state index contributed by atoms with van der Waals surface area (Å²) >= 11 is 0. The monoisotopic (exact) mass is 242 g/mol. The standard InChI is InChI=1S/C12H22N2O3/c1-9-4-6-10(7-5-9)12(16)13-8-2-3-11(15)14-17/h9-10,17H,2-8H2,1H3,(H,13,16)(H,14,15). The Bertz CT molecular complexity index is 260. The molecule has 5 heteroatoms. The molecule has 0 aromatic rings. The van der Waals surface area contributed by atoms with Gasteiger partial charge in [0.2, 0.25) is 11.8 Å². The van der Waals surface area contributed by atoms with E-state index < -0.39 is 5.91 Å². The maximum atomic E-state index is 11.8. The first kappa shape index (κ1) is 14.0. The third kappa shape index (κ3) is 5.17. The Hall–Kier alpha value is -1.10. The number of carbonyl (C=O) groups is 2. The van der Waals surface area contributed by atoms with E-state index in [9.17, 15) is 9.59 Å². The molecule has 1 aliphatic rings. The number of amides is 2. The van der Waals surface area contributed by atoms with E-state index in [0.29, 0.717) is 13.0 Å². The second-order valence-corrected chi connectivity index (χ2v) is 4.89. The van der Waals surface area contributed by atoms with Crippen LogP contribution in [0.1, 0.15) is 45.4 Å². The normalized spacial score (nSPS) is 24.1. The lowest BCUT2D eigenvalue weighted by atomic mass is 9.82. The maximum absolute atomic E-state index is 11.8. The van der Waals surface area contributed by atoms with Gasteiger partial charge in [-0.25, -0.2) is 5.48 Å². The van der Waals surface area contributed by atoms with Crippen molar-refractivity contribution in [2.45, 2.75) is 45.4 Å². The fourth-order valence-electron chi connectivity index (χ4n) is 2.18. The molecule has 17 heavy (non-hydrogen) atoms. The molecule has 5 nitrogen and oxygen atoms in total. The van der Waals surface area contributed by atoms with Gasteiger partial charge in [-0.1, -0.05) is 6.92 Å². The predicted octanol–water partition coefficient (Wildman–Crippen LogP) is 1.21. The van der Waals surface area contributed by atoms with Gasteiger partial charge in [-0.15, -0.1) is 0 Å². The molecule has 0 heterocycles. The minimum absolute atomic E-state index is 0.112. The molecular formula is C12H22N2O3. The number of carbonyl (C=O) groups excluding carboxylic acids is 2. The molecule has 1 rings (SSSR count). The van der Waals surface area contributed by atoms with Gasteiger partial charge in [0.05, 0.1) is 0 Å². The van der Waals surface area contributed by atoms with Crippen LogP contribution in [0.25, 0.3) is 0 Å². The van der Waals surface area contributed by atoms with Crippen LogP contribution < -0.4 is 10.8 Å². The first-order valence-corrected chi connectivity index (χ1v) is 6.34. The Morgan fingerprint density at radius 3 is 2.47 bits per heavy atom. The second-order valence-electron chi connectivity index (χ2n) is 4.89. The van der Waals surface area contributed by atoms with Gasteiger partial charge in [-0.2, -0.15) is 0 Å². The number of rotatable bonds is 5. The van der Waals surface area contributed by atoms with Gasteiger partial charge in [0.25, 0.3) is 0 Å². The van der Waals surface area contributed by atoms with E-state index in [1.165, 1.54) is 0 Å². The first-order valence-electron chi connectivity index (χ1n) is 6.34. The summed E-state index contributed by atoms with van der Waals surface area (Å²) < 4.78 is 0. The van der Waals surface area contributed by atoms with Crippen molar-refractivity contribution in [2.24, 2.45) is 11.8 Å². The lowest BCUT2D eigenvalue weighted by Crippen LogP contribution is -2.34. The Morgan fingerprint density at radius 1 is 1.24 bits per heavy atom. The summed E-state index contributed by atoms with van der Waals surface area (Å²) in [5.74, 6) is 0.595. The molecular weight excluding hydrogens is 220 g/mol. The predicted molar refractivity (Wildman–Crippen MR) is 63.3 cm³/mol. The van der Waals surface area contributed by atoms with Crippen molar-refractivity contribution >= 4 is 11.8 Å². The minimum atomic E-state index is -0.411. The van der Waals surface area contributed by atoms with Crippen LogP contribution in [0.15, 0.2) is 0 Å². The van der Waals surface area contributed by atoms with Crippen LogP contribution in [0.3, 0.4) is 0 Å². The molecule has 0 spiro atoms. The molecule has 0 atom stereocenters. The van der Waals surface area contributed by atoms with Crippen LogP contribution in [-0.4, -0.2) is 23.6 Å². The summed E-state index contributed by atoms with van der Waals surface area (Å²) in [6.45, 7) is 2.72. The minimum Gasteiger partial charge on any atom is -0.356 e. The molecule has 1 fully saturated rings. The van der Waals surface area contributed by atoms with Crippen molar-refractivity contribution in [3.63, 3.8) is 0 Å². The fourth-order valence-corrected chi connectivity index (χ4v) is 2.18. The molecule has 2 amide bonds. The highest BCUT2D eigenvalue weighted by molar-refractivity contribution is 5.78. The summed E-state index contributed by atoms with van der Waals surface area (Å²) in [7, 11) is 0. The molecule has 0 aromatic carbocycles. The Balaban J connectivity index is 2.10. The van der Waals surface area contributed by atoms with E-state index in [0.717, 1.165) is 31.6 Å². The summed E-state index contributed by atoms with van der Waals surface area (Å²) in [6.07, 6.45) is 5.00. The quantitative estimate of drug-likeness (QED) is 0.385. The van der Waals surface area contributed by atoms with Crippen molar-refractivity contribution in [1.82, 2.24) is 10.8 Å². The zero-order valence-corrected chi connectivity index (χ0v) is 10.4. The van der Waals surface area contributed by atoms with E-state index >= 15 is 0 Å². The van der Waals surface area contributed by atoms with E-state index in [2.05, 4.69) is 12.2 Å². The van der Waals surface area contributed by atoms with Crippen molar-refractivity contribution in [3.8, 4) is 0 Å². The van der Waals surface area contributed by atoms with Crippen LogP contribution in [-0.2, 0) is 9.59 Å². The molecule has 0 unspecified atom stereocenters. The number of hydrogen-bond donors (Lipinski definition) is 3. The lowest BCUT2D eigenvalue weighted by molar-refractivity contribution is -0.130. The van der Waals surface area contributed by atoms with Gasteiger partial charge < -0.3 is 5.32 Å². The van der Waals surface area contributed by atoms with Gasteiger partial charge in [0.15, 0.2) is 0 Å². The average Bonchev–Trinajstić information content (AvgIpc) is 2.34. The summed E-state index contributed by atoms with van der Waals surface area (Å²) in [5, 5.41) is 11.1. The van der Waals surface area contributed by atoms with Crippen molar-refractivity contribution in [1.29, 1.82) is 0 Å². The molecule has 0 aromatic heterocycles. The van der Waals surface area contributed by atoms with Crippen molar-refractivity contribution < 1.29 is 14.8 Å². The molecule has 98 valence electrons. The van der Waals surface area contributed by atoms with Crippen LogP contribution in [0, 0.1) is 11.8 Å². The zero-order valence-electron chi connectivity index (χ0n) is 10.4. The largest absolute Gasteiger partial charge is 0.356 e. The maximum Gasteiger partial charge on any atom is 0.243 e. The lowest BCUT2D eigenvalue weighted by Gasteiger charge is -2.25. The van der Waals surface area contributed by atoms with Gasteiger partial charge in [0.1, 0.15) is 0 Å². The fraction of sp³-hybridized carbons (Fsp3) is 0.833. The molecule has 0 aliphatic heterocycles. The number of nitrogens with one attached hydrogen (secondary N) is 2. The van der Waals surface area contributed by atoms with Crippen LogP contribution in [0.4, 0.5) is 0 Å². The average molecular weight is 242 g/mol. The SMILES string of the molecule is CC1CCC(C(=O)NCCCC(=O)NO)CC1. The van der Waals surface area contributed by atoms with Crippen LogP contribution >= 0.6 is 0 Å². The highest BCUT2D eigenvalue weighted by atomic mass is 16.5. The molecule has 1 aliphatic carbocycles. The van der Waals surface area contributed by atoms with E-state index in [1.54, 1.807) is 5.48 Å². The molecule has 0 saturated heterocycles. The van der Waals surface area contributed by atoms with Crippen LogP contribution in [0.5, 0.6) is 0 Å². The van der Waals surface area contributed by atoms with Gasteiger partial charge >= 0.3 is 0 Å². The molecule has 0 radical (unpaired) electrons. The second kappa shape index (κ2) is 7.27. The summed E-state index contributed by atoms with van der Waals surface area (Å²) in [6, 6.07) is 0. The third-order valence-corrected chi connectivity index (χ3v) is 3.39. The summed E-state index contributed by atoms with van der Waals surface area (Å²) in [5.41, 5.74) is 1.57. The first-order chi connectivity index (χ1) is 8.13. The van der Waals surface area contributed by atoms with Gasteiger partial charge in [-0.05, 0) is 38.0 Å². The van der Waals surface area contributed by atoms with Gasteiger partial charge in [-0.3, -0.25) is 14.8 Å². The van der Waals surface area contributed by atoms with E-state index in [1.807, 2.05) is 0 Å². The zero-order chi connectivity index (χ0) is 12.7. The number of hydroxylamine groups is 1. The van der Waals surface area contributed by atoms with E-state index in [4.69, 9.17) is 5.21 Å². The van der Waals surface area contributed by atoms with Gasteiger partial charge in [0, 0.05) is 18.9 Å². The highest BCUT2D eigenvalue weighted by Crippen LogP contribution is 2.28. The van der Waals surface area contributed by atoms with Crippen molar-refractivity contribution in [3.05, 3.63) is 0 Å². The molecule has 0 bridgehead atoms. The Kier molecular flexibility index (Phi) is 5.97. The Morgan fingerprint density at radius 2 is 1.88 bits per heavy atom. The summed E-state index contributed by atoms with van der Waals surface area (Å²) in [4.78, 5) is 22.5. The Labute approximate surface area is 102 Å². The smallest absolute Gasteiger partial charge is 0.243 e. The van der Waals surface area contributed by atoms with Crippen molar-refractivity contribution in [2.75, 3.05) is 6.54 Å².